The molecule has 0 amide bonds. The van der Waals surface area contributed by atoms with Gasteiger partial charge in [0.2, 0.25) is 0 Å². The van der Waals surface area contributed by atoms with E-state index in [2.05, 4.69) is 35.4 Å². The van der Waals surface area contributed by atoms with Crippen LogP contribution in [0.2, 0.25) is 5.02 Å². The van der Waals surface area contributed by atoms with Gasteiger partial charge in [-0.2, -0.15) is 0 Å². The van der Waals surface area contributed by atoms with Crippen LogP contribution in [0.3, 0.4) is 0 Å². The van der Waals surface area contributed by atoms with Crippen molar-refractivity contribution in [3.05, 3.63) is 61.9 Å². The summed E-state index contributed by atoms with van der Waals surface area (Å²) in [6, 6.07) is 5.92. The van der Waals surface area contributed by atoms with Gasteiger partial charge in [0, 0.05) is 28.6 Å². The van der Waals surface area contributed by atoms with E-state index in [4.69, 9.17) is 27.1 Å². The van der Waals surface area contributed by atoms with Gasteiger partial charge in [0.25, 0.3) is 0 Å². The number of rotatable bonds is 5. The minimum atomic E-state index is 0.392. The van der Waals surface area contributed by atoms with Crippen LogP contribution in [0.25, 0.3) is 27.3 Å². The Hall–Kier alpha value is -2.56. The summed E-state index contributed by atoms with van der Waals surface area (Å²) < 4.78 is 2.08. The number of hydrogen-bond donors (Lipinski definition) is 0. The molecule has 0 atom stereocenters. The van der Waals surface area contributed by atoms with Gasteiger partial charge in [0.1, 0.15) is 11.3 Å². The highest BCUT2D eigenvalue weighted by atomic mass is 35.5. The van der Waals surface area contributed by atoms with Crippen molar-refractivity contribution in [1.29, 1.82) is 0 Å². The molecule has 0 unspecified atom stereocenters. The van der Waals surface area contributed by atoms with Gasteiger partial charge in [-0.3, -0.25) is 4.57 Å². The normalized spacial score (nSPS) is 11.0. The first-order chi connectivity index (χ1) is 12.5. The molecule has 26 heavy (non-hydrogen) atoms. The Morgan fingerprint density at radius 1 is 1.19 bits per heavy atom. The zero-order valence-electron chi connectivity index (χ0n) is 15.4. The first-order valence-corrected chi connectivity index (χ1v) is 9.00. The monoisotopic (exact) mass is 368 g/mol. The van der Waals surface area contributed by atoms with Crippen molar-refractivity contribution in [3.63, 3.8) is 0 Å². The summed E-state index contributed by atoms with van der Waals surface area (Å²) in [5.41, 5.74) is 15.5. The lowest BCUT2D eigenvalue weighted by Gasteiger charge is -2.11. The number of imidazole rings is 1. The predicted molar refractivity (Wildman–Crippen MR) is 105 cm³/mol. The zero-order valence-corrected chi connectivity index (χ0v) is 16.2. The van der Waals surface area contributed by atoms with Gasteiger partial charge in [-0.15, -0.1) is 0 Å². The SMILES string of the molecule is CCc1nc2c(C)c(C)c(C)nc2n1-c1ccc(CCN=[N+]=[N-])c(Cl)c1. The number of pyridine rings is 1. The van der Waals surface area contributed by atoms with Crippen molar-refractivity contribution in [2.45, 2.75) is 40.5 Å². The lowest BCUT2D eigenvalue weighted by molar-refractivity contribution is 0.897. The Kier molecular flexibility index (Phi) is 5.16. The highest BCUT2D eigenvalue weighted by Crippen LogP contribution is 2.28. The lowest BCUT2D eigenvalue weighted by Crippen LogP contribution is -2.03. The summed E-state index contributed by atoms with van der Waals surface area (Å²) in [5, 5.41) is 4.23. The van der Waals surface area contributed by atoms with E-state index < -0.39 is 0 Å². The van der Waals surface area contributed by atoms with E-state index in [0.717, 1.165) is 45.9 Å². The van der Waals surface area contributed by atoms with Crippen molar-refractivity contribution in [1.82, 2.24) is 14.5 Å². The number of hydrogen-bond acceptors (Lipinski definition) is 3. The van der Waals surface area contributed by atoms with E-state index in [1.54, 1.807) is 0 Å². The Labute approximate surface area is 157 Å². The molecule has 0 radical (unpaired) electrons. The first-order valence-electron chi connectivity index (χ1n) is 8.62. The molecule has 0 saturated heterocycles. The van der Waals surface area contributed by atoms with Crippen molar-refractivity contribution < 1.29 is 0 Å². The molecule has 3 aromatic rings. The summed E-state index contributed by atoms with van der Waals surface area (Å²) in [6.07, 6.45) is 1.41. The third-order valence-electron chi connectivity index (χ3n) is 4.81. The molecule has 0 bridgehead atoms. The van der Waals surface area contributed by atoms with Crippen LogP contribution in [0.1, 0.15) is 35.1 Å². The Balaban J connectivity index is 2.15. The molecule has 0 aliphatic rings. The summed E-state index contributed by atoms with van der Waals surface area (Å²) >= 11 is 6.47. The quantitative estimate of drug-likeness (QED) is 0.342. The molecule has 0 N–H and O–H groups in total. The van der Waals surface area contributed by atoms with Crippen LogP contribution in [0.5, 0.6) is 0 Å². The molecule has 134 valence electrons. The summed E-state index contributed by atoms with van der Waals surface area (Å²) in [7, 11) is 0. The molecular formula is C19H21ClN6. The van der Waals surface area contributed by atoms with Gasteiger partial charge in [-0.25, -0.2) is 9.97 Å². The van der Waals surface area contributed by atoms with Gasteiger partial charge < -0.3 is 0 Å². The smallest absolute Gasteiger partial charge is 0.165 e. The minimum absolute atomic E-state index is 0.392. The molecule has 2 aromatic heterocycles. The van der Waals surface area contributed by atoms with Crippen molar-refractivity contribution in [2.24, 2.45) is 5.11 Å². The fourth-order valence-corrected chi connectivity index (χ4v) is 3.37. The fraction of sp³-hybridized carbons (Fsp3) is 0.368. The number of halogens is 1. The molecule has 3 rings (SSSR count). The van der Waals surface area contributed by atoms with E-state index in [1.165, 1.54) is 5.56 Å². The number of azide groups is 1. The van der Waals surface area contributed by atoms with Crippen LogP contribution >= 0.6 is 11.6 Å². The number of benzene rings is 1. The largest absolute Gasteiger partial charge is 0.281 e. The van der Waals surface area contributed by atoms with Crippen molar-refractivity contribution in [3.8, 4) is 5.69 Å². The van der Waals surface area contributed by atoms with Crippen LogP contribution in [-0.2, 0) is 12.8 Å². The molecule has 2 heterocycles. The van der Waals surface area contributed by atoms with Crippen LogP contribution in [-0.4, -0.2) is 21.1 Å². The van der Waals surface area contributed by atoms with Gasteiger partial charge in [-0.1, -0.05) is 29.7 Å². The van der Waals surface area contributed by atoms with E-state index in [9.17, 15) is 0 Å². The molecular weight excluding hydrogens is 348 g/mol. The van der Waals surface area contributed by atoms with Crippen LogP contribution in [0, 0.1) is 20.8 Å². The standard InChI is InChI=1S/C19H21ClN6/c1-5-17-24-18-12(3)11(2)13(4)23-19(18)26(17)15-7-6-14(16(20)10-15)8-9-22-25-21/h6-7,10H,5,8-9H2,1-4H3. The second kappa shape index (κ2) is 7.36. The predicted octanol–water partition coefficient (Wildman–Crippen LogP) is 5.41. The molecule has 0 fully saturated rings. The topological polar surface area (TPSA) is 79.5 Å². The average Bonchev–Trinajstić information content (AvgIpc) is 2.99. The number of aryl methyl sites for hydroxylation is 3. The highest BCUT2D eigenvalue weighted by molar-refractivity contribution is 6.31. The Bertz CT molecular complexity index is 1030. The molecule has 1 aromatic carbocycles. The van der Waals surface area contributed by atoms with E-state index in [0.29, 0.717) is 18.0 Å². The van der Waals surface area contributed by atoms with Crippen LogP contribution in [0.15, 0.2) is 23.3 Å². The highest BCUT2D eigenvalue weighted by Gasteiger charge is 2.17. The van der Waals surface area contributed by atoms with Crippen LogP contribution < -0.4 is 0 Å². The van der Waals surface area contributed by atoms with Gasteiger partial charge in [0.15, 0.2) is 5.65 Å². The second-order valence-electron chi connectivity index (χ2n) is 6.32. The summed E-state index contributed by atoms with van der Waals surface area (Å²) in [5.74, 6) is 0.957. The number of aromatic nitrogens is 3. The van der Waals surface area contributed by atoms with Gasteiger partial charge in [-0.05, 0) is 61.5 Å². The maximum absolute atomic E-state index is 8.41. The maximum Gasteiger partial charge on any atom is 0.165 e. The lowest BCUT2D eigenvalue weighted by atomic mass is 10.1. The number of fused-ring (bicyclic) bond motifs is 1. The Morgan fingerprint density at radius 2 is 1.96 bits per heavy atom. The molecule has 6 nitrogen and oxygen atoms in total. The minimum Gasteiger partial charge on any atom is -0.281 e. The van der Waals surface area contributed by atoms with E-state index in [-0.39, 0.29) is 0 Å². The molecule has 7 heteroatoms. The summed E-state index contributed by atoms with van der Waals surface area (Å²) in [4.78, 5) is 12.4. The Morgan fingerprint density at radius 3 is 2.62 bits per heavy atom. The molecule has 0 spiro atoms. The second-order valence-corrected chi connectivity index (χ2v) is 6.72. The molecule has 0 aliphatic heterocycles. The van der Waals surface area contributed by atoms with E-state index in [1.807, 2.05) is 25.1 Å². The summed E-state index contributed by atoms with van der Waals surface area (Å²) in [6.45, 7) is 8.67. The maximum atomic E-state index is 8.41. The zero-order chi connectivity index (χ0) is 18.8. The molecule has 0 saturated carbocycles. The third kappa shape index (κ3) is 3.14. The number of nitrogens with zero attached hydrogens (tertiary/aromatic N) is 6. The third-order valence-corrected chi connectivity index (χ3v) is 5.16. The van der Waals surface area contributed by atoms with Gasteiger partial charge >= 0.3 is 0 Å². The average molecular weight is 369 g/mol. The van der Waals surface area contributed by atoms with Gasteiger partial charge in [0.05, 0.1) is 5.69 Å². The fourth-order valence-electron chi connectivity index (χ4n) is 3.11. The van der Waals surface area contributed by atoms with Crippen molar-refractivity contribution in [2.75, 3.05) is 6.54 Å². The first kappa shape index (κ1) is 18.2. The molecule has 0 aliphatic carbocycles. The van der Waals surface area contributed by atoms with Crippen molar-refractivity contribution >= 4 is 22.8 Å². The van der Waals surface area contributed by atoms with Crippen LogP contribution in [0.4, 0.5) is 0 Å². The van der Waals surface area contributed by atoms with E-state index >= 15 is 0 Å².